The lowest BCUT2D eigenvalue weighted by Gasteiger charge is -2.38. The van der Waals surface area contributed by atoms with Gasteiger partial charge in [0.15, 0.2) is 0 Å². The molecule has 1 saturated heterocycles. The van der Waals surface area contributed by atoms with Crippen molar-refractivity contribution in [3.05, 3.63) is 16.6 Å². The monoisotopic (exact) mass is 239 g/mol. The second kappa shape index (κ2) is 5.75. The summed E-state index contributed by atoms with van der Waals surface area (Å²) in [6.45, 7) is 5.22. The molecule has 2 unspecified atom stereocenters. The van der Waals surface area contributed by atoms with Crippen molar-refractivity contribution in [3.63, 3.8) is 0 Å². The van der Waals surface area contributed by atoms with E-state index in [4.69, 9.17) is 5.73 Å². The highest BCUT2D eigenvalue weighted by Gasteiger charge is 2.26. The fourth-order valence-electron chi connectivity index (χ4n) is 2.53. The maximum atomic E-state index is 5.88. The van der Waals surface area contributed by atoms with Crippen molar-refractivity contribution in [3.8, 4) is 0 Å². The third kappa shape index (κ3) is 2.81. The third-order valence-electron chi connectivity index (χ3n) is 3.64. The molecule has 0 bridgehead atoms. The van der Waals surface area contributed by atoms with Crippen molar-refractivity contribution in [1.29, 1.82) is 0 Å². The Bertz CT molecular complexity index is 299. The molecule has 0 saturated carbocycles. The molecule has 1 aliphatic rings. The minimum Gasteiger partial charge on any atom is -0.329 e. The standard InChI is InChI=1S/C12H21N3S/c1-2-10-3-4-15(12(5-10)6-13)7-11-8-16-9-14-11/h8-10,12H,2-7,13H2,1H3. The molecule has 90 valence electrons. The average molecular weight is 239 g/mol. The van der Waals surface area contributed by atoms with Gasteiger partial charge in [0.05, 0.1) is 11.2 Å². The molecule has 1 aromatic heterocycles. The zero-order valence-corrected chi connectivity index (χ0v) is 10.7. The quantitative estimate of drug-likeness (QED) is 0.875. The van der Waals surface area contributed by atoms with Gasteiger partial charge in [0.2, 0.25) is 0 Å². The fourth-order valence-corrected chi connectivity index (χ4v) is 3.08. The number of nitrogens with zero attached hydrogens (tertiary/aromatic N) is 2. The molecule has 0 amide bonds. The van der Waals surface area contributed by atoms with Gasteiger partial charge in [-0.15, -0.1) is 11.3 Å². The van der Waals surface area contributed by atoms with E-state index in [2.05, 4.69) is 22.2 Å². The lowest BCUT2D eigenvalue weighted by Crippen LogP contribution is -2.46. The van der Waals surface area contributed by atoms with Crippen molar-refractivity contribution >= 4 is 11.3 Å². The SMILES string of the molecule is CCC1CCN(Cc2cscn2)C(CN)C1. The Hall–Kier alpha value is -0.450. The first kappa shape index (κ1) is 12.0. The molecule has 16 heavy (non-hydrogen) atoms. The normalized spacial score (nSPS) is 27.1. The molecule has 3 nitrogen and oxygen atoms in total. The van der Waals surface area contributed by atoms with E-state index in [-0.39, 0.29) is 0 Å². The van der Waals surface area contributed by atoms with Crippen LogP contribution in [0.15, 0.2) is 10.9 Å². The Labute approximate surface area is 102 Å². The second-order valence-corrected chi connectivity index (χ2v) is 5.36. The van der Waals surface area contributed by atoms with E-state index in [9.17, 15) is 0 Å². The smallest absolute Gasteiger partial charge is 0.0795 e. The number of piperidine rings is 1. The average Bonchev–Trinajstić information content (AvgIpc) is 2.82. The van der Waals surface area contributed by atoms with Crippen LogP contribution < -0.4 is 5.73 Å². The molecule has 0 spiro atoms. The Morgan fingerprint density at radius 3 is 3.12 bits per heavy atom. The van der Waals surface area contributed by atoms with Crippen LogP contribution in [0.2, 0.25) is 0 Å². The summed E-state index contributed by atoms with van der Waals surface area (Å²) in [4.78, 5) is 6.86. The van der Waals surface area contributed by atoms with E-state index < -0.39 is 0 Å². The van der Waals surface area contributed by atoms with Gasteiger partial charge in [-0.1, -0.05) is 13.3 Å². The summed E-state index contributed by atoms with van der Waals surface area (Å²) in [5.74, 6) is 0.875. The van der Waals surface area contributed by atoms with Crippen LogP contribution in [0.4, 0.5) is 0 Å². The number of nitrogens with two attached hydrogens (primary N) is 1. The van der Waals surface area contributed by atoms with Crippen molar-refractivity contribution in [2.75, 3.05) is 13.1 Å². The molecule has 2 rings (SSSR count). The molecule has 0 aliphatic carbocycles. The highest BCUT2D eigenvalue weighted by Crippen LogP contribution is 2.26. The highest BCUT2D eigenvalue weighted by molar-refractivity contribution is 7.07. The Balaban J connectivity index is 1.93. The largest absolute Gasteiger partial charge is 0.329 e. The summed E-state index contributed by atoms with van der Waals surface area (Å²) < 4.78 is 0. The van der Waals surface area contributed by atoms with Crippen LogP contribution in [0.3, 0.4) is 0 Å². The lowest BCUT2D eigenvalue weighted by atomic mass is 9.89. The first-order chi connectivity index (χ1) is 7.83. The Morgan fingerprint density at radius 2 is 2.50 bits per heavy atom. The van der Waals surface area contributed by atoms with Crippen molar-refractivity contribution < 1.29 is 0 Å². The summed E-state index contributed by atoms with van der Waals surface area (Å²) >= 11 is 1.67. The van der Waals surface area contributed by atoms with Gasteiger partial charge in [-0.2, -0.15) is 0 Å². The van der Waals surface area contributed by atoms with Gasteiger partial charge in [0.1, 0.15) is 0 Å². The summed E-state index contributed by atoms with van der Waals surface area (Å²) in [5.41, 5.74) is 8.98. The molecule has 1 aliphatic heterocycles. The number of hydrogen-bond donors (Lipinski definition) is 1. The Morgan fingerprint density at radius 1 is 1.62 bits per heavy atom. The molecule has 2 heterocycles. The number of rotatable bonds is 4. The number of thiazole rings is 1. The van der Waals surface area contributed by atoms with Crippen LogP contribution in [0.25, 0.3) is 0 Å². The first-order valence-electron chi connectivity index (χ1n) is 6.14. The number of hydrogen-bond acceptors (Lipinski definition) is 4. The van der Waals surface area contributed by atoms with Crippen LogP contribution in [0, 0.1) is 5.92 Å². The molecular formula is C12H21N3S. The van der Waals surface area contributed by atoms with E-state index in [1.807, 2.05) is 5.51 Å². The first-order valence-corrected chi connectivity index (χ1v) is 7.09. The van der Waals surface area contributed by atoms with Crippen LogP contribution in [0.5, 0.6) is 0 Å². The maximum absolute atomic E-state index is 5.88. The van der Waals surface area contributed by atoms with Crippen molar-refractivity contribution in [1.82, 2.24) is 9.88 Å². The van der Waals surface area contributed by atoms with Gasteiger partial charge in [0.25, 0.3) is 0 Å². The molecule has 4 heteroatoms. The minimum atomic E-state index is 0.556. The van der Waals surface area contributed by atoms with Crippen LogP contribution in [0.1, 0.15) is 31.9 Å². The van der Waals surface area contributed by atoms with E-state index in [1.165, 1.54) is 31.5 Å². The van der Waals surface area contributed by atoms with Crippen molar-refractivity contribution in [2.24, 2.45) is 11.7 Å². The van der Waals surface area contributed by atoms with Gasteiger partial charge >= 0.3 is 0 Å². The topological polar surface area (TPSA) is 42.2 Å². The predicted octanol–water partition coefficient (Wildman–Crippen LogP) is 2.09. The highest BCUT2D eigenvalue weighted by atomic mass is 32.1. The molecule has 1 fully saturated rings. The maximum Gasteiger partial charge on any atom is 0.0795 e. The number of likely N-dealkylation sites (tertiary alicyclic amines) is 1. The molecule has 0 aromatic carbocycles. The molecule has 1 aromatic rings. The minimum absolute atomic E-state index is 0.556. The van der Waals surface area contributed by atoms with Crippen LogP contribution >= 0.6 is 11.3 Å². The van der Waals surface area contributed by atoms with Crippen LogP contribution in [-0.4, -0.2) is 29.0 Å². The summed E-state index contributed by atoms with van der Waals surface area (Å²) in [7, 11) is 0. The second-order valence-electron chi connectivity index (χ2n) is 4.64. The van der Waals surface area contributed by atoms with Crippen LogP contribution in [-0.2, 0) is 6.54 Å². The molecule has 2 N–H and O–H groups in total. The summed E-state index contributed by atoms with van der Waals surface area (Å²) in [5, 5.41) is 2.14. The van der Waals surface area contributed by atoms with Gasteiger partial charge in [0, 0.05) is 24.5 Å². The predicted molar refractivity (Wildman–Crippen MR) is 68.4 cm³/mol. The third-order valence-corrected chi connectivity index (χ3v) is 4.28. The van der Waals surface area contributed by atoms with Gasteiger partial charge in [-0.3, -0.25) is 4.90 Å². The Kier molecular flexibility index (Phi) is 4.32. The van der Waals surface area contributed by atoms with Gasteiger partial charge < -0.3 is 5.73 Å². The summed E-state index contributed by atoms with van der Waals surface area (Å²) in [6, 6.07) is 0.556. The zero-order valence-electron chi connectivity index (χ0n) is 9.93. The lowest BCUT2D eigenvalue weighted by molar-refractivity contribution is 0.106. The fraction of sp³-hybridized carbons (Fsp3) is 0.750. The van der Waals surface area contributed by atoms with Gasteiger partial charge in [-0.25, -0.2) is 4.98 Å². The van der Waals surface area contributed by atoms with Crippen molar-refractivity contribution in [2.45, 2.75) is 38.8 Å². The summed E-state index contributed by atoms with van der Waals surface area (Å²) in [6.07, 6.45) is 3.87. The molecular weight excluding hydrogens is 218 g/mol. The zero-order chi connectivity index (χ0) is 11.4. The van der Waals surface area contributed by atoms with E-state index in [1.54, 1.807) is 11.3 Å². The van der Waals surface area contributed by atoms with E-state index in [0.29, 0.717) is 6.04 Å². The molecule has 0 radical (unpaired) electrons. The number of aromatic nitrogens is 1. The van der Waals surface area contributed by atoms with Gasteiger partial charge in [-0.05, 0) is 25.3 Å². The van der Waals surface area contributed by atoms with E-state index in [0.717, 1.165) is 19.0 Å². The van der Waals surface area contributed by atoms with E-state index >= 15 is 0 Å². The molecule has 2 atom stereocenters.